The number of rotatable bonds is 9. The Morgan fingerprint density at radius 2 is 1.83 bits per heavy atom. The molecule has 0 aliphatic carbocycles. The van der Waals surface area contributed by atoms with Crippen molar-refractivity contribution in [3.8, 4) is 0 Å². The zero-order valence-electron chi connectivity index (χ0n) is 14.4. The second kappa shape index (κ2) is 10.2. The Hall–Kier alpha value is -1.68. The van der Waals surface area contributed by atoms with Crippen LogP contribution in [0.3, 0.4) is 0 Å². The van der Waals surface area contributed by atoms with Crippen molar-refractivity contribution in [3.63, 3.8) is 0 Å². The normalized spacial score (nSPS) is 12.8. The van der Waals surface area contributed by atoms with Crippen LogP contribution in [-0.2, 0) is 16.0 Å². The zero-order valence-corrected chi connectivity index (χ0v) is 15.2. The van der Waals surface area contributed by atoms with Crippen LogP contribution in [0.1, 0.15) is 45.2 Å². The van der Waals surface area contributed by atoms with Crippen LogP contribution in [0.2, 0.25) is 0 Å². The SMILES string of the molecule is CC/C=C(/O/C(C)=C(\C)CSCC(=O)O)c1ccc(CC)cc1. The molecule has 126 valence electrons. The molecule has 0 atom stereocenters. The molecule has 4 heteroatoms. The van der Waals surface area contributed by atoms with Crippen molar-refractivity contribution < 1.29 is 14.6 Å². The molecular formula is C19H26O3S. The van der Waals surface area contributed by atoms with E-state index >= 15 is 0 Å². The van der Waals surface area contributed by atoms with Crippen molar-refractivity contribution in [2.45, 2.75) is 40.5 Å². The van der Waals surface area contributed by atoms with Gasteiger partial charge in [0.2, 0.25) is 0 Å². The van der Waals surface area contributed by atoms with Crippen molar-refractivity contribution >= 4 is 23.5 Å². The predicted octanol–water partition coefficient (Wildman–Crippen LogP) is 5.13. The lowest BCUT2D eigenvalue weighted by atomic mass is 10.1. The summed E-state index contributed by atoms with van der Waals surface area (Å²) >= 11 is 1.38. The first-order valence-corrected chi connectivity index (χ1v) is 9.06. The molecular weight excluding hydrogens is 308 g/mol. The summed E-state index contributed by atoms with van der Waals surface area (Å²) in [4.78, 5) is 10.6. The van der Waals surface area contributed by atoms with E-state index in [1.165, 1.54) is 17.3 Å². The summed E-state index contributed by atoms with van der Waals surface area (Å²) in [6.45, 7) is 8.13. The van der Waals surface area contributed by atoms with Crippen LogP contribution < -0.4 is 0 Å². The van der Waals surface area contributed by atoms with Crippen LogP contribution in [-0.4, -0.2) is 22.6 Å². The molecule has 3 nitrogen and oxygen atoms in total. The van der Waals surface area contributed by atoms with E-state index in [1.54, 1.807) is 0 Å². The number of ether oxygens (including phenoxy) is 1. The van der Waals surface area contributed by atoms with Gasteiger partial charge in [-0.2, -0.15) is 0 Å². The molecule has 0 spiro atoms. The smallest absolute Gasteiger partial charge is 0.313 e. The molecule has 1 aromatic carbocycles. The highest BCUT2D eigenvalue weighted by Crippen LogP contribution is 2.23. The third kappa shape index (κ3) is 6.95. The quantitative estimate of drug-likeness (QED) is 0.636. The molecule has 0 radical (unpaired) electrons. The lowest BCUT2D eigenvalue weighted by molar-refractivity contribution is -0.133. The zero-order chi connectivity index (χ0) is 17.2. The summed E-state index contributed by atoms with van der Waals surface area (Å²) < 4.78 is 6.05. The molecule has 0 aliphatic heterocycles. The van der Waals surface area contributed by atoms with Gasteiger partial charge in [-0.15, -0.1) is 11.8 Å². The minimum atomic E-state index is -0.788. The molecule has 0 heterocycles. The van der Waals surface area contributed by atoms with Gasteiger partial charge in [0.15, 0.2) is 0 Å². The highest BCUT2D eigenvalue weighted by atomic mass is 32.2. The maximum Gasteiger partial charge on any atom is 0.313 e. The predicted molar refractivity (Wildman–Crippen MR) is 98.5 cm³/mol. The van der Waals surface area contributed by atoms with Crippen LogP contribution in [0, 0.1) is 0 Å². The second-order valence-corrected chi connectivity index (χ2v) is 6.34. The van der Waals surface area contributed by atoms with Gasteiger partial charge in [-0.25, -0.2) is 0 Å². The highest BCUT2D eigenvalue weighted by molar-refractivity contribution is 8.00. The fourth-order valence-corrected chi connectivity index (χ4v) is 2.74. The van der Waals surface area contributed by atoms with Gasteiger partial charge in [0, 0.05) is 11.3 Å². The standard InChI is InChI=1S/C19H26O3S/c1-5-7-18(17-10-8-16(6-2)9-11-17)22-15(4)14(3)12-23-13-19(20)21/h7-11H,5-6,12-13H2,1-4H3,(H,20,21)/b15-14+,18-7+. The van der Waals surface area contributed by atoms with E-state index in [-0.39, 0.29) is 5.75 Å². The van der Waals surface area contributed by atoms with E-state index in [9.17, 15) is 4.79 Å². The lowest BCUT2D eigenvalue weighted by Gasteiger charge is -2.14. The minimum Gasteiger partial charge on any atom is -0.481 e. The average molecular weight is 334 g/mol. The molecule has 0 aromatic heterocycles. The molecule has 0 saturated carbocycles. The van der Waals surface area contributed by atoms with Gasteiger partial charge >= 0.3 is 5.97 Å². The summed E-state index contributed by atoms with van der Waals surface area (Å²) in [5.74, 6) is 1.67. The summed E-state index contributed by atoms with van der Waals surface area (Å²) in [7, 11) is 0. The molecule has 23 heavy (non-hydrogen) atoms. The summed E-state index contributed by atoms with van der Waals surface area (Å²) in [5.41, 5.74) is 3.43. The van der Waals surface area contributed by atoms with Gasteiger partial charge in [-0.1, -0.05) is 38.1 Å². The van der Waals surface area contributed by atoms with E-state index in [0.717, 1.165) is 35.5 Å². The average Bonchev–Trinajstić information content (AvgIpc) is 2.54. The van der Waals surface area contributed by atoms with Crippen LogP contribution in [0.15, 0.2) is 41.7 Å². The summed E-state index contributed by atoms with van der Waals surface area (Å²) in [6, 6.07) is 8.41. The summed E-state index contributed by atoms with van der Waals surface area (Å²) in [5, 5.41) is 8.69. The van der Waals surface area contributed by atoms with Gasteiger partial charge in [0.1, 0.15) is 11.5 Å². The molecule has 1 rings (SSSR count). The number of hydrogen-bond donors (Lipinski definition) is 1. The number of carbonyl (C=O) groups is 1. The molecule has 0 unspecified atom stereocenters. The molecule has 0 saturated heterocycles. The topological polar surface area (TPSA) is 46.5 Å². The maximum atomic E-state index is 10.6. The fraction of sp³-hybridized carbons (Fsp3) is 0.421. The van der Waals surface area contributed by atoms with E-state index in [0.29, 0.717) is 5.75 Å². The third-order valence-corrected chi connectivity index (χ3v) is 4.53. The second-order valence-electron chi connectivity index (χ2n) is 5.35. The van der Waals surface area contributed by atoms with Crippen molar-refractivity contribution in [1.29, 1.82) is 0 Å². The number of thioether (sulfide) groups is 1. The number of allylic oxidation sites excluding steroid dienone is 2. The first kappa shape index (κ1) is 19.4. The van der Waals surface area contributed by atoms with Crippen molar-refractivity contribution in [2.75, 3.05) is 11.5 Å². The Balaban J connectivity index is 2.81. The lowest BCUT2D eigenvalue weighted by Crippen LogP contribution is -2.01. The number of aryl methyl sites for hydroxylation is 1. The van der Waals surface area contributed by atoms with Crippen LogP contribution in [0.25, 0.3) is 5.76 Å². The van der Waals surface area contributed by atoms with Crippen molar-refractivity contribution in [1.82, 2.24) is 0 Å². The molecule has 0 amide bonds. The van der Waals surface area contributed by atoms with Crippen LogP contribution in [0.4, 0.5) is 0 Å². The van der Waals surface area contributed by atoms with Crippen molar-refractivity contribution in [2.24, 2.45) is 0 Å². The maximum absolute atomic E-state index is 10.6. The molecule has 1 N–H and O–H groups in total. The van der Waals surface area contributed by atoms with Gasteiger partial charge in [-0.3, -0.25) is 4.79 Å². The Kier molecular flexibility index (Phi) is 8.56. The van der Waals surface area contributed by atoms with E-state index in [4.69, 9.17) is 9.84 Å². The van der Waals surface area contributed by atoms with Gasteiger partial charge in [0.25, 0.3) is 0 Å². The first-order chi connectivity index (χ1) is 11.0. The Labute approximate surface area is 143 Å². The van der Waals surface area contributed by atoms with Crippen molar-refractivity contribution in [3.05, 3.63) is 52.8 Å². The third-order valence-electron chi connectivity index (χ3n) is 3.44. The molecule has 1 aromatic rings. The molecule has 0 fully saturated rings. The number of aliphatic carboxylic acids is 1. The summed E-state index contributed by atoms with van der Waals surface area (Å²) in [6.07, 6.45) is 3.99. The van der Waals surface area contributed by atoms with E-state index in [1.807, 2.05) is 13.8 Å². The van der Waals surface area contributed by atoms with Crippen LogP contribution in [0.5, 0.6) is 0 Å². The minimum absolute atomic E-state index is 0.112. The Morgan fingerprint density at radius 3 is 2.35 bits per heavy atom. The first-order valence-electron chi connectivity index (χ1n) is 7.91. The largest absolute Gasteiger partial charge is 0.481 e. The number of carboxylic acid groups (broad SMARTS) is 1. The number of carboxylic acids is 1. The fourth-order valence-electron chi connectivity index (χ4n) is 1.95. The van der Waals surface area contributed by atoms with Gasteiger partial charge < -0.3 is 9.84 Å². The number of benzene rings is 1. The highest BCUT2D eigenvalue weighted by Gasteiger charge is 2.07. The van der Waals surface area contributed by atoms with E-state index < -0.39 is 5.97 Å². The van der Waals surface area contributed by atoms with Gasteiger partial charge in [0.05, 0.1) is 5.75 Å². The monoisotopic (exact) mass is 334 g/mol. The number of hydrogen-bond acceptors (Lipinski definition) is 3. The van der Waals surface area contributed by atoms with Gasteiger partial charge in [-0.05, 0) is 43.9 Å². The Bertz CT molecular complexity index is 571. The molecule has 0 bridgehead atoms. The Morgan fingerprint density at radius 1 is 1.17 bits per heavy atom. The van der Waals surface area contributed by atoms with E-state index in [2.05, 4.69) is 44.2 Å². The van der Waals surface area contributed by atoms with Crippen LogP contribution >= 0.6 is 11.8 Å². The molecule has 0 aliphatic rings.